The van der Waals surface area contributed by atoms with Gasteiger partial charge in [-0.3, -0.25) is 0 Å². The first kappa shape index (κ1) is 13.2. The smallest absolute Gasteiger partial charge is 0.231 e. The molecule has 22 heavy (non-hydrogen) atoms. The molecule has 4 heteroatoms. The van der Waals surface area contributed by atoms with Crippen molar-refractivity contribution in [2.24, 2.45) is 5.73 Å². The Balaban J connectivity index is 1.65. The fourth-order valence-corrected chi connectivity index (χ4v) is 3.07. The highest BCUT2D eigenvalue weighted by Crippen LogP contribution is 2.35. The van der Waals surface area contributed by atoms with Crippen molar-refractivity contribution in [3.05, 3.63) is 59.8 Å². The van der Waals surface area contributed by atoms with Gasteiger partial charge < -0.3 is 20.2 Å². The summed E-state index contributed by atoms with van der Waals surface area (Å²) in [4.78, 5) is 3.33. The molecule has 112 valence electrons. The van der Waals surface area contributed by atoms with E-state index in [1.54, 1.807) is 0 Å². The van der Waals surface area contributed by atoms with Crippen LogP contribution in [0, 0.1) is 0 Å². The van der Waals surface area contributed by atoms with Gasteiger partial charge in [0.2, 0.25) is 6.79 Å². The molecule has 0 amide bonds. The zero-order valence-corrected chi connectivity index (χ0v) is 12.2. The SMILES string of the molecule is NCC(Cc1c[nH]c2ccccc12)c1ccc2c(c1)OCO2. The maximum Gasteiger partial charge on any atom is 0.231 e. The van der Waals surface area contributed by atoms with Crippen molar-refractivity contribution >= 4 is 10.9 Å². The molecule has 0 saturated heterocycles. The van der Waals surface area contributed by atoms with Gasteiger partial charge in [-0.15, -0.1) is 0 Å². The summed E-state index contributed by atoms with van der Waals surface area (Å²) in [6.07, 6.45) is 2.99. The molecule has 2 heterocycles. The fourth-order valence-electron chi connectivity index (χ4n) is 3.07. The molecule has 0 fully saturated rings. The monoisotopic (exact) mass is 294 g/mol. The van der Waals surface area contributed by atoms with E-state index in [4.69, 9.17) is 15.2 Å². The Kier molecular flexibility index (Phi) is 3.24. The molecule has 3 aromatic rings. The number of nitrogens with one attached hydrogen (secondary N) is 1. The van der Waals surface area contributed by atoms with Gasteiger partial charge in [0.1, 0.15) is 0 Å². The molecular formula is C18H18N2O2. The molecular weight excluding hydrogens is 276 g/mol. The second-order valence-corrected chi connectivity index (χ2v) is 5.61. The van der Waals surface area contributed by atoms with E-state index in [1.807, 2.05) is 12.1 Å². The summed E-state index contributed by atoms with van der Waals surface area (Å²) >= 11 is 0. The molecule has 1 aliphatic rings. The predicted octanol–water partition coefficient (Wildman–Crippen LogP) is 3.18. The normalized spacial score (nSPS) is 14.4. The van der Waals surface area contributed by atoms with Crippen LogP contribution in [0.2, 0.25) is 0 Å². The summed E-state index contributed by atoms with van der Waals surface area (Å²) in [6, 6.07) is 14.5. The van der Waals surface area contributed by atoms with Crippen LogP contribution < -0.4 is 15.2 Å². The van der Waals surface area contributed by atoms with Crippen LogP contribution in [0.4, 0.5) is 0 Å². The van der Waals surface area contributed by atoms with Gasteiger partial charge in [-0.05, 0) is 42.3 Å². The third-order valence-corrected chi connectivity index (χ3v) is 4.29. The molecule has 1 atom stereocenters. The van der Waals surface area contributed by atoms with Crippen LogP contribution in [0.25, 0.3) is 10.9 Å². The average molecular weight is 294 g/mol. The first-order valence-electron chi connectivity index (χ1n) is 7.50. The van der Waals surface area contributed by atoms with Crippen molar-refractivity contribution in [2.75, 3.05) is 13.3 Å². The van der Waals surface area contributed by atoms with E-state index in [1.165, 1.54) is 22.0 Å². The van der Waals surface area contributed by atoms with Crippen LogP contribution in [0.1, 0.15) is 17.0 Å². The van der Waals surface area contributed by atoms with Crippen LogP contribution in [0.15, 0.2) is 48.7 Å². The van der Waals surface area contributed by atoms with Crippen LogP contribution in [-0.2, 0) is 6.42 Å². The molecule has 0 radical (unpaired) electrons. The third kappa shape index (κ3) is 2.22. The zero-order valence-electron chi connectivity index (χ0n) is 12.2. The third-order valence-electron chi connectivity index (χ3n) is 4.29. The first-order valence-corrected chi connectivity index (χ1v) is 7.50. The van der Waals surface area contributed by atoms with Crippen LogP contribution in [0.3, 0.4) is 0 Å². The molecule has 1 aliphatic heterocycles. The van der Waals surface area contributed by atoms with Crippen molar-refractivity contribution in [3.63, 3.8) is 0 Å². The van der Waals surface area contributed by atoms with Gasteiger partial charge in [0.15, 0.2) is 11.5 Å². The minimum Gasteiger partial charge on any atom is -0.454 e. The average Bonchev–Trinajstić information content (AvgIpc) is 3.18. The molecule has 0 bridgehead atoms. The standard InChI is InChI=1S/C18H18N2O2/c19-9-13(12-5-6-17-18(8-12)22-11-21-17)7-14-10-20-16-4-2-1-3-15(14)16/h1-6,8,10,13,20H,7,9,11,19H2. The highest BCUT2D eigenvalue weighted by Gasteiger charge is 2.18. The summed E-state index contributed by atoms with van der Waals surface area (Å²) in [7, 11) is 0. The molecule has 1 unspecified atom stereocenters. The number of hydrogen-bond donors (Lipinski definition) is 2. The second kappa shape index (κ2) is 5.39. The van der Waals surface area contributed by atoms with E-state index in [2.05, 4.69) is 41.5 Å². The molecule has 0 saturated carbocycles. The second-order valence-electron chi connectivity index (χ2n) is 5.61. The fraction of sp³-hybridized carbons (Fsp3) is 0.222. The van der Waals surface area contributed by atoms with E-state index >= 15 is 0 Å². The molecule has 1 aromatic heterocycles. The number of ether oxygens (including phenoxy) is 2. The van der Waals surface area contributed by atoms with Gasteiger partial charge in [0.25, 0.3) is 0 Å². The predicted molar refractivity (Wildman–Crippen MR) is 86.4 cm³/mol. The molecule has 4 rings (SSSR count). The molecule has 0 spiro atoms. The number of hydrogen-bond acceptors (Lipinski definition) is 3. The highest BCUT2D eigenvalue weighted by molar-refractivity contribution is 5.83. The van der Waals surface area contributed by atoms with Gasteiger partial charge >= 0.3 is 0 Å². The number of aromatic nitrogens is 1. The Morgan fingerprint density at radius 1 is 1.09 bits per heavy atom. The molecule has 4 nitrogen and oxygen atoms in total. The summed E-state index contributed by atoms with van der Waals surface area (Å²) in [5.74, 6) is 1.88. The van der Waals surface area contributed by atoms with Crippen molar-refractivity contribution in [3.8, 4) is 11.5 Å². The summed E-state index contributed by atoms with van der Waals surface area (Å²) < 4.78 is 10.8. The largest absolute Gasteiger partial charge is 0.454 e. The Hall–Kier alpha value is -2.46. The summed E-state index contributed by atoms with van der Waals surface area (Å²) in [6.45, 7) is 0.897. The van der Waals surface area contributed by atoms with Crippen molar-refractivity contribution in [2.45, 2.75) is 12.3 Å². The van der Waals surface area contributed by atoms with Crippen LogP contribution >= 0.6 is 0 Å². The molecule has 2 aromatic carbocycles. The molecule has 3 N–H and O–H groups in total. The lowest BCUT2D eigenvalue weighted by molar-refractivity contribution is 0.174. The number of rotatable bonds is 4. The van der Waals surface area contributed by atoms with E-state index in [-0.39, 0.29) is 5.92 Å². The Bertz CT molecular complexity index is 810. The number of aromatic amines is 1. The number of para-hydroxylation sites is 1. The Morgan fingerprint density at radius 2 is 1.95 bits per heavy atom. The quantitative estimate of drug-likeness (QED) is 0.777. The maximum atomic E-state index is 6.03. The first-order chi connectivity index (χ1) is 10.8. The minimum absolute atomic E-state index is 0.258. The van der Waals surface area contributed by atoms with Crippen LogP contribution in [-0.4, -0.2) is 18.3 Å². The van der Waals surface area contributed by atoms with Gasteiger partial charge in [-0.1, -0.05) is 24.3 Å². The van der Waals surface area contributed by atoms with Crippen LogP contribution in [0.5, 0.6) is 11.5 Å². The lowest BCUT2D eigenvalue weighted by Gasteiger charge is -2.15. The Labute approximate surface area is 128 Å². The number of nitrogens with two attached hydrogens (primary N) is 1. The lowest BCUT2D eigenvalue weighted by atomic mass is 9.91. The molecule has 0 aliphatic carbocycles. The van der Waals surface area contributed by atoms with E-state index in [9.17, 15) is 0 Å². The minimum atomic E-state index is 0.258. The van der Waals surface area contributed by atoms with Gasteiger partial charge in [-0.25, -0.2) is 0 Å². The zero-order chi connectivity index (χ0) is 14.9. The van der Waals surface area contributed by atoms with Gasteiger partial charge in [0, 0.05) is 23.0 Å². The van der Waals surface area contributed by atoms with Crippen molar-refractivity contribution < 1.29 is 9.47 Å². The van der Waals surface area contributed by atoms with E-state index in [0.717, 1.165) is 17.9 Å². The summed E-state index contributed by atoms with van der Waals surface area (Å²) in [5.41, 5.74) is 9.68. The van der Waals surface area contributed by atoms with Gasteiger partial charge in [0.05, 0.1) is 0 Å². The van der Waals surface area contributed by atoms with Crippen molar-refractivity contribution in [1.29, 1.82) is 0 Å². The number of H-pyrrole nitrogens is 1. The number of fused-ring (bicyclic) bond motifs is 2. The van der Waals surface area contributed by atoms with Gasteiger partial charge in [-0.2, -0.15) is 0 Å². The van der Waals surface area contributed by atoms with E-state index < -0.39 is 0 Å². The topological polar surface area (TPSA) is 60.3 Å². The summed E-state index contributed by atoms with van der Waals surface area (Å²) in [5, 5.41) is 1.27. The van der Waals surface area contributed by atoms with E-state index in [0.29, 0.717) is 13.3 Å². The lowest BCUT2D eigenvalue weighted by Crippen LogP contribution is -2.14. The van der Waals surface area contributed by atoms with Crippen molar-refractivity contribution in [1.82, 2.24) is 4.98 Å². The maximum absolute atomic E-state index is 6.03. The Morgan fingerprint density at radius 3 is 2.86 bits per heavy atom. The number of benzene rings is 2. The highest BCUT2D eigenvalue weighted by atomic mass is 16.7.